The summed E-state index contributed by atoms with van der Waals surface area (Å²) in [5, 5.41) is 3.01. The van der Waals surface area contributed by atoms with E-state index in [1.165, 1.54) is 10.0 Å². The molecule has 1 amide bonds. The summed E-state index contributed by atoms with van der Waals surface area (Å²) in [5.41, 5.74) is 3.84. The number of amides is 1. The zero-order valence-electron chi connectivity index (χ0n) is 16.0. The third-order valence-corrected chi connectivity index (χ3v) is 6.56. The normalized spacial score (nSPS) is 10.5. The summed E-state index contributed by atoms with van der Waals surface area (Å²) in [4.78, 5) is 17.4. The quantitative estimate of drug-likeness (QED) is 0.438. The molecule has 1 aromatic heterocycles. The average molecular weight is 447 g/mol. The third kappa shape index (κ3) is 4.65. The molecule has 0 radical (unpaired) electrons. The van der Waals surface area contributed by atoms with E-state index < -0.39 is 0 Å². The Bertz CT molecular complexity index is 1090. The molecule has 0 atom stereocenters. The van der Waals surface area contributed by atoms with Crippen LogP contribution >= 0.6 is 0 Å². The molecular formula is C24H20N2O2Se. The molecule has 0 saturated carbocycles. The van der Waals surface area contributed by atoms with Crippen molar-refractivity contribution < 1.29 is 9.53 Å². The molecule has 0 aliphatic heterocycles. The zero-order chi connectivity index (χ0) is 20.1. The number of anilines is 1. The van der Waals surface area contributed by atoms with E-state index in [4.69, 9.17) is 9.72 Å². The van der Waals surface area contributed by atoms with E-state index in [1.54, 1.807) is 19.2 Å². The van der Waals surface area contributed by atoms with Gasteiger partial charge in [0.25, 0.3) is 0 Å². The molecule has 144 valence electrons. The Morgan fingerprint density at radius 3 is 2.24 bits per heavy atom. The van der Waals surface area contributed by atoms with Crippen LogP contribution < -0.4 is 10.1 Å². The van der Waals surface area contributed by atoms with Gasteiger partial charge in [-0.05, 0) is 0 Å². The molecule has 29 heavy (non-hydrogen) atoms. The minimum atomic E-state index is -0.124. The van der Waals surface area contributed by atoms with Crippen LogP contribution in [0.25, 0.3) is 11.3 Å². The number of hydrogen-bond acceptors (Lipinski definition) is 3. The fourth-order valence-electron chi connectivity index (χ4n) is 3.04. The Kier molecular flexibility index (Phi) is 5.89. The van der Waals surface area contributed by atoms with Crippen molar-refractivity contribution in [2.45, 2.75) is 6.42 Å². The SMILES string of the molecule is COc1ccc(-c2nc(NC(=O)c3ccccc3)[se]c2Cc2ccccc2)cc1. The first-order valence-corrected chi connectivity index (χ1v) is 11.0. The second-order valence-electron chi connectivity index (χ2n) is 6.50. The van der Waals surface area contributed by atoms with Crippen molar-refractivity contribution in [3.63, 3.8) is 0 Å². The van der Waals surface area contributed by atoms with Gasteiger partial charge in [0.15, 0.2) is 0 Å². The molecule has 1 heterocycles. The number of rotatable bonds is 6. The van der Waals surface area contributed by atoms with E-state index in [1.807, 2.05) is 60.7 Å². The molecule has 0 spiro atoms. The number of benzene rings is 3. The zero-order valence-corrected chi connectivity index (χ0v) is 17.7. The predicted molar refractivity (Wildman–Crippen MR) is 117 cm³/mol. The molecule has 0 fully saturated rings. The Morgan fingerprint density at radius 2 is 1.59 bits per heavy atom. The van der Waals surface area contributed by atoms with Crippen molar-refractivity contribution in [1.29, 1.82) is 0 Å². The first-order chi connectivity index (χ1) is 14.2. The van der Waals surface area contributed by atoms with E-state index in [0.29, 0.717) is 5.56 Å². The van der Waals surface area contributed by atoms with Gasteiger partial charge in [-0.3, -0.25) is 0 Å². The number of aromatic nitrogens is 1. The summed E-state index contributed by atoms with van der Waals surface area (Å²) in [7, 11) is 1.66. The van der Waals surface area contributed by atoms with Crippen molar-refractivity contribution in [2.24, 2.45) is 0 Å². The van der Waals surface area contributed by atoms with Gasteiger partial charge in [-0.1, -0.05) is 0 Å². The van der Waals surface area contributed by atoms with Crippen molar-refractivity contribution in [3.05, 3.63) is 100 Å². The Morgan fingerprint density at radius 1 is 0.931 bits per heavy atom. The minimum absolute atomic E-state index is 0.0461. The predicted octanol–water partition coefficient (Wildman–Crippen LogP) is 4.66. The first-order valence-electron chi connectivity index (χ1n) is 9.27. The second kappa shape index (κ2) is 8.91. The van der Waals surface area contributed by atoms with Crippen LogP contribution in [-0.2, 0) is 6.42 Å². The Balaban J connectivity index is 1.66. The molecule has 4 rings (SSSR count). The van der Waals surface area contributed by atoms with Gasteiger partial charge in [0.05, 0.1) is 0 Å². The van der Waals surface area contributed by atoms with Crippen LogP contribution in [0, 0.1) is 0 Å². The van der Waals surface area contributed by atoms with Crippen molar-refractivity contribution in [1.82, 2.24) is 4.98 Å². The van der Waals surface area contributed by atoms with Crippen LogP contribution in [0.5, 0.6) is 5.75 Å². The number of carbonyl (C=O) groups is 1. The Hall–Kier alpha value is -3.14. The molecule has 1 N–H and O–H groups in total. The number of hydrogen-bond donors (Lipinski definition) is 1. The van der Waals surface area contributed by atoms with Gasteiger partial charge in [-0.15, -0.1) is 0 Å². The van der Waals surface area contributed by atoms with Crippen LogP contribution in [0.15, 0.2) is 84.9 Å². The molecule has 0 bridgehead atoms. The van der Waals surface area contributed by atoms with Gasteiger partial charge < -0.3 is 0 Å². The van der Waals surface area contributed by atoms with Gasteiger partial charge in [-0.2, -0.15) is 0 Å². The average Bonchev–Trinajstić information content (AvgIpc) is 3.17. The van der Waals surface area contributed by atoms with Gasteiger partial charge in [0.1, 0.15) is 0 Å². The Labute approximate surface area is 175 Å². The van der Waals surface area contributed by atoms with Crippen LogP contribution in [0.2, 0.25) is 0 Å². The molecule has 0 aliphatic rings. The summed E-state index contributed by atoms with van der Waals surface area (Å²) in [6.07, 6.45) is 0.816. The van der Waals surface area contributed by atoms with Crippen molar-refractivity contribution >= 4 is 25.1 Å². The van der Waals surface area contributed by atoms with Gasteiger partial charge >= 0.3 is 176 Å². The molecule has 4 aromatic rings. The maximum atomic E-state index is 12.6. The molecule has 0 aliphatic carbocycles. The number of nitrogens with one attached hydrogen (secondary N) is 1. The summed E-state index contributed by atoms with van der Waals surface area (Å²) >= 11 is -0.0461. The monoisotopic (exact) mass is 448 g/mol. The maximum absolute atomic E-state index is 12.6. The van der Waals surface area contributed by atoms with E-state index in [9.17, 15) is 4.79 Å². The summed E-state index contributed by atoms with van der Waals surface area (Å²) < 4.78 is 7.26. The second-order valence-corrected chi connectivity index (χ2v) is 8.78. The molecule has 4 nitrogen and oxygen atoms in total. The van der Waals surface area contributed by atoms with Crippen LogP contribution in [0.3, 0.4) is 0 Å². The van der Waals surface area contributed by atoms with Crippen molar-refractivity contribution in [2.75, 3.05) is 12.4 Å². The van der Waals surface area contributed by atoms with Crippen LogP contribution in [0.1, 0.15) is 20.4 Å². The topological polar surface area (TPSA) is 51.2 Å². The fraction of sp³-hybridized carbons (Fsp3) is 0.0833. The third-order valence-electron chi connectivity index (χ3n) is 4.52. The van der Waals surface area contributed by atoms with E-state index in [0.717, 1.165) is 28.1 Å². The standard InChI is InChI=1S/C24H20N2O2Se/c1-28-20-14-12-18(13-15-20)22-21(16-17-8-4-2-5-9-17)29-24(25-22)26-23(27)19-10-6-3-7-11-19/h2-15H,16H2,1H3,(H,25,26,27). The molecule has 0 unspecified atom stereocenters. The number of carbonyl (C=O) groups excluding carboxylic acids is 1. The summed E-state index contributed by atoms with van der Waals surface area (Å²) in [5.74, 6) is 0.685. The van der Waals surface area contributed by atoms with Crippen LogP contribution in [-0.4, -0.2) is 32.5 Å². The molecule has 0 saturated heterocycles. The molecule has 3 aromatic carbocycles. The number of ether oxygens (including phenoxy) is 1. The van der Waals surface area contributed by atoms with Gasteiger partial charge in [0, 0.05) is 0 Å². The first kappa shape index (κ1) is 19.2. The van der Waals surface area contributed by atoms with Crippen molar-refractivity contribution in [3.8, 4) is 17.0 Å². The van der Waals surface area contributed by atoms with Gasteiger partial charge in [0.2, 0.25) is 0 Å². The van der Waals surface area contributed by atoms with E-state index >= 15 is 0 Å². The van der Waals surface area contributed by atoms with Gasteiger partial charge in [-0.25, -0.2) is 0 Å². The van der Waals surface area contributed by atoms with E-state index in [2.05, 4.69) is 17.4 Å². The summed E-state index contributed by atoms with van der Waals surface area (Å²) in [6.45, 7) is 0. The summed E-state index contributed by atoms with van der Waals surface area (Å²) in [6, 6.07) is 27.5. The molecule has 5 heteroatoms. The van der Waals surface area contributed by atoms with Crippen LogP contribution in [0.4, 0.5) is 4.69 Å². The number of methoxy groups -OCH3 is 1. The van der Waals surface area contributed by atoms with E-state index in [-0.39, 0.29) is 20.4 Å². The number of nitrogens with zero attached hydrogens (tertiary/aromatic N) is 1. The fourth-order valence-corrected chi connectivity index (χ4v) is 5.16. The molecular weight excluding hydrogens is 427 g/mol.